The van der Waals surface area contributed by atoms with Gasteiger partial charge in [0.15, 0.2) is 0 Å². The number of halogens is 1. The van der Waals surface area contributed by atoms with Crippen molar-refractivity contribution in [3.63, 3.8) is 0 Å². The van der Waals surface area contributed by atoms with E-state index in [9.17, 15) is 0 Å². The highest BCUT2D eigenvalue weighted by atomic mass is 35.5. The van der Waals surface area contributed by atoms with Crippen molar-refractivity contribution >= 4 is 50.1 Å². The Balaban J connectivity index is 1.95. The van der Waals surface area contributed by atoms with Gasteiger partial charge in [0.2, 0.25) is 0 Å². The monoisotopic (exact) mass is 429 g/mol. The van der Waals surface area contributed by atoms with Crippen LogP contribution in [0.3, 0.4) is 0 Å². The molecule has 0 unspecified atom stereocenters. The zero-order valence-corrected chi connectivity index (χ0v) is 19.6. The predicted molar refractivity (Wildman–Crippen MR) is 132 cm³/mol. The molecule has 5 rings (SSSR count). The third-order valence-corrected chi connectivity index (χ3v) is 6.20. The summed E-state index contributed by atoms with van der Waals surface area (Å²) in [6, 6.07) is 15.0. The van der Waals surface area contributed by atoms with E-state index in [-0.39, 0.29) is 0 Å². The van der Waals surface area contributed by atoms with Gasteiger partial charge in [-0.25, -0.2) is 4.98 Å². The highest BCUT2D eigenvalue weighted by molar-refractivity contribution is 6.31. The van der Waals surface area contributed by atoms with Crippen molar-refractivity contribution in [2.24, 2.45) is 11.8 Å². The highest BCUT2D eigenvalue weighted by Gasteiger charge is 2.17. The molecule has 0 N–H and O–H groups in total. The molecule has 0 saturated carbocycles. The summed E-state index contributed by atoms with van der Waals surface area (Å²) >= 11 is 6.40. The fourth-order valence-electron chi connectivity index (χ4n) is 4.73. The number of rotatable bonds is 4. The molecule has 0 bridgehead atoms. The first-order valence-corrected chi connectivity index (χ1v) is 11.5. The Hall–Kier alpha value is -2.65. The summed E-state index contributed by atoms with van der Waals surface area (Å²) in [7, 11) is 0. The first-order valence-electron chi connectivity index (χ1n) is 11.1. The Morgan fingerprint density at radius 3 is 2.23 bits per heavy atom. The molecule has 0 aliphatic heterocycles. The Morgan fingerprint density at radius 1 is 0.806 bits per heavy atom. The standard InChI is InChI=1S/C27H28ClN3/c1-15(2)10-18-12-23-25(13-19(18)11-16(3)4)31-24-9-7-20(28)14-22(24)26-21(27(31)30-23)8-6-17(5)29-26/h6-9,12-16H,10-11H2,1-5H3. The molecule has 3 heterocycles. The average molecular weight is 430 g/mol. The van der Waals surface area contributed by atoms with Crippen LogP contribution in [0, 0.1) is 18.8 Å². The predicted octanol–water partition coefficient (Wildman–Crippen LogP) is 7.55. The van der Waals surface area contributed by atoms with E-state index in [1.54, 1.807) is 0 Å². The van der Waals surface area contributed by atoms with Gasteiger partial charge in [0.1, 0.15) is 5.65 Å². The van der Waals surface area contributed by atoms with Crippen LogP contribution in [0.2, 0.25) is 5.02 Å². The van der Waals surface area contributed by atoms with E-state index in [4.69, 9.17) is 21.6 Å². The Labute approximate surface area is 188 Å². The summed E-state index contributed by atoms with van der Waals surface area (Å²) in [5.41, 5.74) is 9.08. The molecular weight excluding hydrogens is 402 g/mol. The van der Waals surface area contributed by atoms with Gasteiger partial charge in [0.05, 0.1) is 22.1 Å². The number of aryl methyl sites for hydroxylation is 1. The molecule has 0 aliphatic rings. The number of benzene rings is 2. The summed E-state index contributed by atoms with van der Waals surface area (Å²) in [6.45, 7) is 11.2. The molecule has 0 amide bonds. The Bertz CT molecular complexity index is 1460. The van der Waals surface area contributed by atoms with Gasteiger partial charge in [0, 0.05) is 21.5 Å². The minimum atomic E-state index is 0.603. The molecule has 158 valence electrons. The minimum Gasteiger partial charge on any atom is -0.292 e. The molecule has 0 fully saturated rings. The second-order valence-corrected chi connectivity index (χ2v) is 10.0. The van der Waals surface area contributed by atoms with Gasteiger partial charge >= 0.3 is 0 Å². The lowest BCUT2D eigenvalue weighted by atomic mass is 9.92. The summed E-state index contributed by atoms with van der Waals surface area (Å²) in [4.78, 5) is 9.99. The zero-order valence-electron chi connectivity index (χ0n) is 18.8. The van der Waals surface area contributed by atoms with Crippen LogP contribution in [0.25, 0.3) is 38.5 Å². The van der Waals surface area contributed by atoms with Crippen LogP contribution in [0.4, 0.5) is 0 Å². The van der Waals surface area contributed by atoms with Crippen LogP contribution in [0.15, 0.2) is 42.5 Å². The molecule has 3 nitrogen and oxygen atoms in total. The van der Waals surface area contributed by atoms with Gasteiger partial charge in [-0.2, -0.15) is 0 Å². The van der Waals surface area contributed by atoms with Crippen LogP contribution >= 0.6 is 11.6 Å². The van der Waals surface area contributed by atoms with Gasteiger partial charge in [-0.05, 0) is 85.2 Å². The third kappa shape index (κ3) is 3.45. The number of hydrogen-bond donors (Lipinski definition) is 0. The van der Waals surface area contributed by atoms with Crippen molar-refractivity contribution in [3.8, 4) is 0 Å². The maximum Gasteiger partial charge on any atom is 0.147 e. The lowest BCUT2D eigenvalue weighted by molar-refractivity contribution is 0.616. The quantitative estimate of drug-likeness (QED) is 0.276. The van der Waals surface area contributed by atoms with E-state index < -0.39 is 0 Å². The Morgan fingerprint density at radius 2 is 1.52 bits per heavy atom. The van der Waals surface area contributed by atoms with Crippen molar-refractivity contribution in [1.82, 2.24) is 14.4 Å². The van der Waals surface area contributed by atoms with Crippen molar-refractivity contribution in [3.05, 3.63) is 64.3 Å². The van der Waals surface area contributed by atoms with Crippen LogP contribution in [-0.4, -0.2) is 14.4 Å². The number of nitrogens with zero attached hydrogens (tertiary/aromatic N) is 3. The third-order valence-electron chi connectivity index (χ3n) is 5.96. The van der Waals surface area contributed by atoms with Crippen LogP contribution in [-0.2, 0) is 12.8 Å². The van der Waals surface area contributed by atoms with E-state index in [2.05, 4.69) is 62.4 Å². The molecule has 3 aromatic heterocycles. The fraction of sp³-hybridized carbons (Fsp3) is 0.333. The van der Waals surface area contributed by atoms with E-state index in [1.807, 2.05) is 19.1 Å². The molecule has 0 saturated heterocycles. The van der Waals surface area contributed by atoms with Crippen molar-refractivity contribution in [1.29, 1.82) is 0 Å². The topological polar surface area (TPSA) is 30.2 Å². The van der Waals surface area contributed by atoms with Crippen LogP contribution in [0.5, 0.6) is 0 Å². The smallest absolute Gasteiger partial charge is 0.147 e. The molecular formula is C27H28ClN3. The molecule has 2 aromatic carbocycles. The number of pyridine rings is 2. The molecule has 0 radical (unpaired) electrons. The van der Waals surface area contributed by atoms with Gasteiger partial charge in [0.25, 0.3) is 0 Å². The molecule has 31 heavy (non-hydrogen) atoms. The van der Waals surface area contributed by atoms with E-state index >= 15 is 0 Å². The summed E-state index contributed by atoms with van der Waals surface area (Å²) in [5, 5.41) is 2.85. The van der Waals surface area contributed by atoms with Gasteiger partial charge in [-0.1, -0.05) is 39.3 Å². The lowest BCUT2D eigenvalue weighted by Gasteiger charge is -2.14. The summed E-state index contributed by atoms with van der Waals surface area (Å²) in [5.74, 6) is 1.21. The molecule has 0 spiro atoms. The summed E-state index contributed by atoms with van der Waals surface area (Å²) < 4.78 is 2.29. The number of imidazole rings is 1. The van der Waals surface area contributed by atoms with E-state index in [0.717, 1.165) is 62.0 Å². The molecule has 0 aliphatic carbocycles. The second kappa shape index (κ2) is 7.49. The van der Waals surface area contributed by atoms with Crippen LogP contribution in [0.1, 0.15) is 44.5 Å². The van der Waals surface area contributed by atoms with Gasteiger partial charge in [-0.15, -0.1) is 0 Å². The first kappa shape index (κ1) is 20.3. The zero-order chi connectivity index (χ0) is 21.9. The number of aromatic nitrogens is 3. The summed E-state index contributed by atoms with van der Waals surface area (Å²) in [6.07, 6.45) is 2.15. The number of fused-ring (bicyclic) bond motifs is 8. The lowest BCUT2D eigenvalue weighted by Crippen LogP contribution is -2.03. The fourth-order valence-corrected chi connectivity index (χ4v) is 4.90. The second-order valence-electron chi connectivity index (χ2n) is 9.59. The maximum atomic E-state index is 6.40. The van der Waals surface area contributed by atoms with Gasteiger partial charge < -0.3 is 0 Å². The maximum absolute atomic E-state index is 6.40. The highest BCUT2D eigenvalue weighted by Crippen LogP contribution is 2.34. The van der Waals surface area contributed by atoms with Crippen molar-refractivity contribution < 1.29 is 0 Å². The average Bonchev–Trinajstić information content (AvgIpc) is 3.05. The van der Waals surface area contributed by atoms with Crippen molar-refractivity contribution in [2.45, 2.75) is 47.5 Å². The minimum absolute atomic E-state index is 0.603. The molecule has 0 atom stereocenters. The normalized spacial score (nSPS) is 12.4. The van der Waals surface area contributed by atoms with Crippen molar-refractivity contribution in [2.75, 3.05) is 0 Å². The largest absolute Gasteiger partial charge is 0.292 e. The molecule has 4 heteroatoms. The Kier molecular flexibility index (Phi) is 4.90. The van der Waals surface area contributed by atoms with Gasteiger partial charge in [-0.3, -0.25) is 9.38 Å². The first-order chi connectivity index (χ1) is 14.8. The van der Waals surface area contributed by atoms with E-state index in [1.165, 1.54) is 11.1 Å². The van der Waals surface area contributed by atoms with E-state index in [0.29, 0.717) is 11.8 Å². The van der Waals surface area contributed by atoms with Crippen LogP contribution < -0.4 is 0 Å². The SMILES string of the molecule is Cc1ccc2c(n1)c1cc(Cl)ccc1n1c3cc(CC(C)C)c(CC(C)C)cc3nc21. The molecule has 5 aromatic rings. The number of hydrogen-bond acceptors (Lipinski definition) is 2.